The number of fused-ring (bicyclic) bond motifs is 2. The normalized spacial score (nSPS) is 14.0. The number of hydrogen-bond acceptors (Lipinski definition) is 9. The third-order valence-corrected chi connectivity index (χ3v) is 6.93. The molecule has 0 saturated carbocycles. The highest BCUT2D eigenvalue weighted by molar-refractivity contribution is 6.36. The minimum atomic E-state index is -5.08. The molecule has 5 rings (SSSR count). The number of nitrogens with zero attached hydrogens (tertiary/aromatic N) is 7. The molecular formula is C27H28ClF6N9O5. The van der Waals surface area contributed by atoms with Crippen LogP contribution in [0.4, 0.5) is 42.6 Å². The van der Waals surface area contributed by atoms with Crippen molar-refractivity contribution in [3.63, 3.8) is 0 Å². The average molecular weight is 708 g/mol. The van der Waals surface area contributed by atoms with Gasteiger partial charge in [-0.05, 0) is 25.1 Å². The molecule has 0 radical (unpaired) electrons. The molecule has 0 spiro atoms. The van der Waals surface area contributed by atoms with Gasteiger partial charge >= 0.3 is 30.3 Å². The van der Waals surface area contributed by atoms with Crippen molar-refractivity contribution < 1.29 is 50.9 Å². The van der Waals surface area contributed by atoms with E-state index in [2.05, 4.69) is 37.1 Å². The first-order chi connectivity index (χ1) is 22.3. The van der Waals surface area contributed by atoms with Gasteiger partial charge in [0.15, 0.2) is 11.5 Å². The predicted octanol–water partition coefficient (Wildman–Crippen LogP) is 4.80. The highest BCUT2D eigenvalue weighted by Gasteiger charge is 2.39. The lowest BCUT2D eigenvalue weighted by molar-refractivity contribution is -0.193. The second kappa shape index (κ2) is 15.2. The zero-order chi connectivity index (χ0) is 36.0. The third kappa shape index (κ3) is 9.23. The zero-order valence-corrected chi connectivity index (χ0v) is 26.0. The average Bonchev–Trinajstić information content (AvgIpc) is 3.51. The Labute approximate surface area is 272 Å². The van der Waals surface area contributed by atoms with Crippen LogP contribution in [0, 0.1) is 0 Å². The number of amides is 2. The molecule has 1 saturated heterocycles. The molecule has 0 aliphatic carbocycles. The van der Waals surface area contributed by atoms with E-state index < -0.39 is 24.3 Å². The standard InChI is InChI=1S/C23H26ClN9O.2C2HF3O2/c1-14(30-22-19-21(27-12-26-19)28-13-29-22)16-11-17(24)15-5-4-6-25-18(15)20(16)32-7-9-33(10-8-32)23(34)31(2)3;2*3-2(4,5)1(6)7/h4-6,11-14H,7-10H2,1-3H3,(H2,26,27,28,29,30);2*(H,6,7). The number of carbonyl (C=O) groups excluding carboxylic acids is 1. The highest BCUT2D eigenvalue weighted by Crippen LogP contribution is 2.39. The molecule has 14 nitrogen and oxygen atoms in total. The summed E-state index contributed by atoms with van der Waals surface area (Å²) >= 11 is 6.71. The highest BCUT2D eigenvalue weighted by atomic mass is 35.5. The number of rotatable bonds is 4. The summed E-state index contributed by atoms with van der Waals surface area (Å²) in [5.41, 5.74) is 4.23. The van der Waals surface area contributed by atoms with E-state index >= 15 is 0 Å². The smallest absolute Gasteiger partial charge is 0.475 e. The van der Waals surface area contributed by atoms with Crippen molar-refractivity contribution >= 4 is 63.1 Å². The molecular weight excluding hydrogens is 680 g/mol. The number of imidazole rings is 1. The van der Waals surface area contributed by atoms with Crippen molar-refractivity contribution in [2.45, 2.75) is 25.3 Å². The van der Waals surface area contributed by atoms with Crippen LogP contribution in [-0.2, 0) is 9.59 Å². The Bertz CT molecular complexity index is 1740. The number of aromatic amines is 1. The van der Waals surface area contributed by atoms with Crippen molar-refractivity contribution in [2.75, 3.05) is 50.5 Å². The van der Waals surface area contributed by atoms with Gasteiger partial charge in [-0.15, -0.1) is 0 Å². The first-order valence-electron chi connectivity index (χ1n) is 13.6. The minimum absolute atomic E-state index is 0.0290. The Morgan fingerprint density at radius 1 is 0.979 bits per heavy atom. The number of halogens is 7. The van der Waals surface area contributed by atoms with E-state index in [9.17, 15) is 31.1 Å². The second-order valence-electron chi connectivity index (χ2n) is 10.1. The molecule has 21 heteroatoms. The monoisotopic (exact) mass is 707 g/mol. The van der Waals surface area contributed by atoms with Gasteiger partial charge in [0.05, 0.1) is 28.6 Å². The Hall–Kier alpha value is -5.14. The van der Waals surface area contributed by atoms with Gasteiger partial charge in [-0.25, -0.2) is 29.3 Å². The lowest BCUT2D eigenvalue weighted by Gasteiger charge is -2.38. The number of carboxylic acid groups (broad SMARTS) is 2. The Morgan fingerprint density at radius 3 is 2.10 bits per heavy atom. The van der Waals surface area contributed by atoms with Crippen molar-refractivity contribution in [2.24, 2.45) is 0 Å². The maximum Gasteiger partial charge on any atom is 0.490 e. The van der Waals surface area contributed by atoms with Gasteiger partial charge in [0, 0.05) is 57.4 Å². The number of piperazine rings is 1. The SMILES string of the molecule is CC(Nc1ncnc2nc[nH]c12)c1cc(Cl)c2cccnc2c1N1CCN(C(=O)N(C)C)CC1.O=C(O)C(F)(F)F.O=C(O)C(F)(F)F. The van der Waals surface area contributed by atoms with Gasteiger partial charge in [0.25, 0.3) is 0 Å². The number of nitrogens with one attached hydrogen (secondary N) is 2. The number of anilines is 2. The predicted molar refractivity (Wildman–Crippen MR) is 161 cm³/mol. The number of aliphatic carboxylic acids is 2. The van der Waals surface area contributed by atoms with Crippen LogP contribution in [0.25, 0.3) is 22.1 Å². The van der Waals surface area contributed by atoms with E-state index in [1.165, 1.54) is 6.33 Å². The molecule has 3 aromatic heterocycles. The maximum absolute atomic E-state index is 12.4. The Kier molecular flexibility index (Phi) is 11.8. The van der Waals surface area contributed by atoms with Gasteiger partial charge in [0.1, 0.15) is 11.8 Å². The number of carbonyl (C=O) groups is 3. The van der Waals surface area contributed by atoms with Gasteiger partial charge in [0.2, 0.25) is 0 Å². The first kappa shape index (κ1) is 37.3. The van der Waals surface area contributed by atoms with E-state index in [1.54, 1.807) is 31.5 Å². The largest absolute Gasteiger partial charge is 0.490 e. The van der Waals surface area contributed by atoms with Crippen LogP contribution in [0.5, 0.6) is 0 Å². The lowest BCUT2D eigenvalue weighted by Crippen LogP contribution is -2.51. The summed E-state index contributed by atoms with van der Waals surface area (Å²) < 4.78 is 63.5. The van der Waals surface area contributed by atoms with E-state index in [4.69, 9.17) is 36.4 Å². The van der Waals surface area contributed by atoms with Crippen LogP contribution in [0.2, 0.25) is 5.02 Å². The van der Waals surface area contributed by atoms with Crippen LogP contribution in [0.15, 0.2) is 37.1 Å². The molecule has 48 heavy (non-hydrogen) atoms. The number of pyridine rings is 1. The summed E-state index contributed by atoms with van der Waals surface area (Å²) in [6.45, 7) is 4.74. The van der Waals surface area contributed by atoms with Crippen LogP contribution < -0.4 is 10.2 Å². The number of carboxylic acids is 2. The number of hydrogen-bond donors (Lipinski definition) is 4. The number of urea groups is 1. The van der Waals surface area contributed by atoms with Crippen LogP contribution >= 0.6 is 11.6 Å². The van der Waals surface area contributed by atoms with E-state index in [0.717, 1.165) is 27.7 Å². The van der Waals surface area contributed by atoms with E-state index in [1.807, 2.05) is 23.1 Å². The number of H-pyrrole nitrogens is 1. The van der Waals surface area contributed by atoms with Crippen molar-refractivity contribution in [1.82, 2.24) is 34.7 Å². The van der Waals surface area contributed by atoms with Gasteiger partial charge < -0.3 is 35.2 Å². The van der Waals surface area contributed by atoms with Crippen LogP contribution in [0.3, 0.4) is 0 Å². The summed E-state index contributed by atoms with van der Waals surface area (Å²) in [6, 6.07) is 5.77. The summed E-state index contributed by atoms with van der Waals surface area (Å²) in [6.07, 6.45) is -5.28. The van der Waals surface area contributed by atoms with E-state index in [0.29, 0.717) is 42.7 Å². The molecule has 1 atom stereocenters. The molecule has 2 amide bonds. The van der Waals surface area contributed by atoms with Gasteiger partial charge in [-0.1, -0.05) is 11.6 Å². The summed E-state index contributed by atoms with van der Waals surface area (Å²) in [7, 11) is 3.56. The summed E-state index contributed by atoms with van der Waals surface area (Å²) in [5, 5.41) is 19.3. The quantitative estimate of drug-likeness (QED) is 0.214. The molecule has 1 fully saturated rings. The van der Waals surface area contributed by atoms with Gasteiger partial charge in [-0.2, -0.15) is 26.3 Å². The molecule has 1 aromatic carbocycles. The van der Waals surface area contributed by atoms with Crippen LogP contribution in [0.1, 0.15) is 18.5 Å². The zero-order valence-electron chi connectivity index (χ0n) is 25.3. The van der Waals surface area contributed by atoms with Crippen molar-refractivity contribution in [3.8, 4) is 0 Å². The molecule has 0 bridgehead atoms. The first-order valence-corrected chi connectivity index (χ1v) is 14.0. The molecule has 1 aliphatic rings. The van der Waals surface area contributed by atoms with Gasteiger partial charge in [-0.3, -0.25) is 4.98 Å². The fourth-order valence-corrected chi connectivity index (χ4v) is 4.70. The van der Waals surface area contributed by atoms with Crippen molar-refractivity contribution in [3.05, 3.63) is 47.6 Å². The van der Waals surface area contributed by atoms with E-state index in [-0.39, 0.29) is 12.1 Å². The summed E-state index contributed by atoms with van der Waals surface area (Å²) in [5.74, 6) is -4.85. The maximum atomic E-state index is 12.4. The molecule has 1 aliphatic heterocycles. The fraction of sp³-hybridized carbons (Fsp3) is 0.370. The molecule has 4 N–H and O–H groups in total. The topological polar surface area (TPSA) is 181 Å². The summed E-state index contributed by atoms with van der Waals surface area (Å²) in [4.78, 5) is 56.6. The number of benzene rings is 1. The minimum Gasteiger partial charge on any atom is -0.475 e. The Morgan fingerprint density at radius 2 is 1.56 bits per heavy atom. The number of alkyl halides is 6. The second-order valence-corrected chi connectivity index (χ2v) is 10.5. The molecule has 260 valence electrons. The number of aromatic nitrogens is 5. The fourth-order valence-electron chi connectivity index (χ4n) is 4.43. The van der Waals surface area contributed by atoms with Crippen LogP contribution in [-0.4, -0.2) is 116 Å². The third-order valence-electron chi connectivity index (χ3n) is 6.62. The molecule has 1 unspecified atom stereocenters. The molecule has 4 heterocycles. The Balaban J connectivity index is 0.000000376. The van der Waals surface area contributed by atoms with Crippen molar-refractivity contribution in [1.29, 1.82) is 0 Å². The lowest BCUT2D eigenvalue weighted by atomic mass is 10.0. The molecule has 4 aromatic rings.